The number of rotatable bonds is 12. The predicted octanol–water partition coefficient (Wildman–Crippen LogP) is 6.33. The lowest BCUT2D eigenvalue weighted by molar-refractivity contribution is -0.140. The molecule has 0 fully saturated rings. The summed E-state index contributed by atoms with van der Waals surface area (Å²) >= 11 is 0. The Morgan fingerprint density at radius 1 is 0.895 bits per heavy atom. The Balaban J connectivity index is 3.21. The second-order valence-electron chi connectivity index (χ2n) is 4.70. The van der Waals surface area contributed by atoms with E-state index in [1.54, 1.807) is 0 Å². The molecule has 0 aromatic rings. The average Bonchev–Trinajstić information content (AvgIpc) is 2.29. The third-order valence-corrected chi connectivity index (χ3v) is 4.34. The molecular weight excluding hydrogens is 327 g/mol. The fraction of sp³-hybridized carbons (Fsp3) is 0.923. The molecule has 0 rings (SSSR count). The highest BCUT2D eigenvalue weighted by molar-refractivity contribution is 8.79. The van der Waals surface area contributed by atoms with Crippen LogP contribution in [0.2, 0.25) is 0 Å². The maximum absolute atomic E-state index is 11.2. The molecule has 0 atom stereocenters. The maximum atomic E-state index is 11.2. The molecule has 0 amide bonds. The zero-order chi connectivity index (χ0) is 14.6. The number of esters is 1. The first-order chi connectivity index (χ1) is 8.95. The lowest BCUT2D eigenvalue weighted by Crippen LogP contribution is -2.10. The molecule has 0 aliphatic heterocycles. The molecule has 0 unspecified atom stereocenters. The van der Waals surface area contributed by atoms with Crippen LogP contribution in [0.15, 0.2) is 0 Å². The molecule has 0 aliphatic carbocycles. The van der Waals surface area contributed by atoms with Gasteiger partial charge in [0.15, 0.2) is 0 Å². The van der Waals surface area contributed by atoms with E-state index in [-0.39, 0.29) is 5.75 Å². The van der Waals surface area contributed by atoms with E-state index < -0.39 is 13.6 Å². The fourth-order valence-corrected chi connectivity index (χ4v) is 2.93. The van der Waals surface area contributed by atoms with Gasteiger partial charge in [-0.05, 0) is 38.5 Å². The van der Waals surface area contributed by atoms with Gasteiger partial charge in [0.25, 0.3) is 0 Å². The molecule has 0 heterocycles. The fourth-order valence-electron chi connectivity index (χ4n) is 1.77. The van der Waals surface area contributed by atoms with Crippen molar-refractivity contribution >= 4 is 45.7 Å². The lowest BCUT2D eigenvalue weighted by Gasteiger charge is -2.13. The predicted molar refractivity (Wildman–Crippen MR) is 88.2 cm³/mol. The van der Waals surface area contributed by atoms with Crippen LogP contribution >= 0.6 is 39.7 Å². The Morgan fingerprint density at radius 3 is 1.84 bits per heavy atom. The van der Waals surface area contributed by atoms with Crippen LogP contribution in [0.5, 0.6) is 0 Å². The third-order valence-electron chi connectivity index (χ3n) is 2.79. The minimum Gasteiger partial charge on any atom is -0.465 e. The van der Waals surface area contributed by atoms with Crippen molar-refractivity contribution < 1.29 is 9.53 Å². The van der Waals surface area contributed by atoms with Gasteiger partial charge in [0, 0.05) is 7.67 Å². The van der Waals surface area contributed by atoms with Crippen molar-refractivity contribution in [2.75, 3.05) is 12.4 Å². The van der Waals surface area contributed by atoms with Gasteiger partial charge in [0.2, 0.25) is 0 Å². The van der Waals surface area contributed by atoms with Gasteiger partial charge in [-0.1, -0.05) is 58.3 Å². The molecule has 0 aromatic carbocycles. The average molecular weight is 352 g/mol. The summed E-state index contributed by atoms with van der Waals surface area (Å²) in [5.74, 6) is -0.510. The van der Waals surface area contributed by atoms with Crippen molar-refractivity contribution in [3.63, 3.8) is 0 Å². The number of carbonyl (C=O) groups is 1. The van der Waals surface area contributed by atoms with Crippen LogP contribution in [0, 0.1) is 0 Å². The van der Waals surface area contributed by atoms with Crippen LogP contribution in [0.25, 0.3) is 0 Å². The van der Waals surface area contributed by atoms with E-state index in [1.165, 1.54) is 44.9 Å². The third kappa shape index (κ3) is 16.6. The Kier molecular flexibility index (Phi) is 12.9. The van der Waals surface area contributed by atoms with Crippen molar-refractivity contribution in [2.45, 2.75) is 64.7 Å². The largest absolute Gasteiger partial charge is 0.465 e. The van der Waals surface area contributed by atoms with Crippen LogP contribution in [-0.2, 0) is 9.53 Å². The molecule has 0 N–H and O–H groups in total. The number of carbonyl (C=O) groups excluding carboxylic acids is 1. The zero-order valence-corrected chi connectivity index (χ0v) is 14.7. The van der Waals surface area contributed by atoms with E-state index in [0.29, 0.717) is 6.61 Å². The van der Waals surface area contributed by atoms with Crippen LogP contribution in [0.4, 0.5) is 0 Å². The molecule has 0 saturated carbocycles. The van der Waals surface area contributed by atoms with E-state index in [9.17, 15) is 4.79 Å². The highest BCUT2D eigenvalue weighted by Crippen LogP contribution is 2.62. The van der Waals surface area contributed by atoms with E-state index in [2.05, 4.69) is 6.92 Å². The van der Waals surface area contributed by atoms with E-state index in [4.69, 9.17) is 36.8 Å². The highest BCUT2D eigenvalue weighted by Gasteiger charge is 2.19. The number of hydrogen-bond donors (Lipinski definition) is 0. The lowest BCUT2D eigenvalue weighted by atomic mass is 10.1. The second kappa shape index (κ2) is 12.4. The molecule has 116 valence electrons. The standard InChI is InChI=1S/C13H25Cl3O2S/c1-2-3-4-5-6-7-8-9-10-11-18-13(17)12-19(14,15)16/h2-12H2,1H3. The Morgan fingerprint density at radius 2 is 1.37 bits per heavy atom. The first-order valence-electron chi connectivity index (χ1n) is 7.01. The second-order valence-corrected chi connectivity index (χ2v) is 12.2. The van der Waals surface area contributed by atoms with Gasteiger partial charge in [0.1, 0.15) is 5.75 Å². The van der Waals surface area contributed by atoms with Gasteiger partial charge >= 0.3 is 5.97 Å². The summed E-state index contributed by atoms with van der Waals surface area (Å²) in [5.41, 5.74) is 0. The summed E-state index contributed by atoms with van der Waals surface area (Å²) < 4.78 is 5.01. The Hall–Kier alpha value is 0.690. The summed E-state index contributed by atoms with van der Waals surface area (Å²) in [6.07, 6.45) is 11.1. The first kappa shape index (κ1) is 19.7. The summed E-state index contributed by atoms with van der Waals surface area (Å²) in [6, 6.07) is 0. The van der Waals surface area contributed by atoms with Gasteiger partial charge in [-0.15, -0.1) is 0 Å². The van der Waals surface area contributed by atoms with Crippen LogP contribution in [0.1, 0.15) is 64.7 Å². The minimum atomic E-state index is -2.34. The van der Waals surface area contributed by atoms with Crippen molar-refractivity contribution in [3.05, 3.63) is 0 Å². The molecule has 0 bridgehead atoms. The number of ether oxygens (including phenoxy) is 1. The molecule has 0 saturated heterocycles. The topological polar surface area (TPSA) is 26.3 Å². The number of unbranched alkanes of at least 4 members (excludes halogenated alkanes) is 8. The SMILES string of the molecule is CCCCCCCCCCCOC(=O)CS(Cl)(Cl)Cl. The van der Waals surface area contributed by atoms with E-state index >= 15 is 0 Å². The molecule has 0 radical (unpaired) electrons. The maximum Gasteiger partial charge on any atom is 0.317 e. The van der Waals surface area contributed by atoms with Crippen LogP contribution < -0.4 is 0 Å². The molecular formula is C13H25Cl3O2S. The molecule has 0 spiro atoms. The van der Waals surface area contributed by atoms with Crippen molar-refractivity contribution in [1.29, 1.82) is 0 Å². The quantitative estimate of drug-likeness (QED) is 0.303. The van der Waals surface area contributed by atoms with Gasteiger partial charge in [-0.25, -0.2) is 0 Å². The number of hydrogen-bond acceptors (Lipinski definition) is 2. The van der Waals surface area contributed by atoms with Crippen LogP contribution in [-0.4, -0.2) is 18.3 Å². The van der Waals surface area contributed by atoms with Gasteiger partial charge in [-0.3, -0.25) is 4.79 Å². The summed E-state index contributed by atoms with van der Waals surface area (Å²) in [5, 5.41) is 0. The van der Waals surface area contributed by atoms with E-state index in [1.807, 2.05) is 0 Å². The van der Waals surface area contributed by atoms with Crippen molar-refractivity contribution in [3.8, 4) is 0 Å². The molecule has 0 aliphatic rings. The first-order valence-corrected chi connectivity index (χ1v) is 11.3. The zero-order valence-electron chi connectivity index (χ0n) is 11.6. The summed E-state index contributed by atoms with van der Waals surface area (Å²) in [6.45, 7) is 2.67. The monoisotopic (exact) mass is 350 g/mol. The molecule has 2 nitrogen and oxygen atoms in total. The molecule has 0 aromatic heterocycles. The van der Waals surface area contributed by atoms with Gasteiger partial charge in [0.05, 0.1) is 6.61 Å². The van der Waals surface area contributed by atoms with Crippen LogP contribution in [0.3, 0.4) is 0 Å². The Bertz CT molecular complexity index is 232. The highest BCUT2D eigenvalue weighted by atomic mass is 36.2. The van der Waals surface area contributed by atoms with Gasteiger partial charge < -0.3 is 4.74 Å². The smallest absolute Gasteiger partial charge is 0.317 e. The summed E-state index contributed by atoms with van der Waals surface area (Å²) in [7, 11) is 14.4. The molecule has 19 heavy (non-hydrogen) atoms. The molecule has 6 heteroatoms. The Labute approximate surface area is 132 Å². The van der Waals surface area contributed by atoms with Crippen molar-refractivity contribution in [2.24, 2.45) is 0 Å². The normalized spacial score (nSPS) is 12.4. The van der Waals surface area contributed by atoms with E-state index in [0.717, 1.165) is 12.8 Å². The van der Waals surface area contributed by atoms with Gasteiger partial charge in [-0.2, -0.15) is 0 Å². The number of halogens is 3. The van der Waals surface area contributed by atoms with Crippen molar-refractivity contribution in [1.82, 2.24) is 0 Å². The summed E-state index contributed by atoms with van der Waals surface area (Å²) in [4.78, 5) is 11.2. The minimum absolute atomic E-state index is 0.102.